The third-order valence-electron chi connectivity index (χ3n) is 7.55. The van der Waals surface area contributed by atoms with Crippen molar-refractivity contribution in [1.29, 1.82) is 0 Å². The van der Waals surface area contributed by atoms with E-state index in [1.54, 1.807) is 0 Å². The van der Waals surface area contributed by atoms with Crippen LogP contribution in [0.4, 0.5) is 4.79 Å². The Bertz CT molecular complexity index is 1110. The van der Waals surface area contributed by atoms with Crippen LogP contribution in [-0.2, 0) is 29.1 Å². The molecule has 11 nitrogen and oxygen atoms in total. The summed E-state index contributed by atoms with van der Waals surface area (Å²) < 4.78 is 32.2. The van der Waals surface area contributed by atoms with Crippen LogP contribution >= 0.6 is 0 Å². The average Bonchev–Trinajstić information content (AvgIpc) is 3.72. The molecule has 3 aliphatic rings. The molecule has 0 spiro atoms. The number of ether oxygens (including phenoxy) is 1. The van der Waals surface area contributed by atoms with Crippen LogP contribution in [0.1, 0.15) is 52.9 Å². The number of amides is 4. The average molecular weight is 585 g/mol. The Kier molecular flexibility index (Phi) is 8.96. The van der Waals surface area contributed by atoms with E-state index in [-0.39, 0.29) is 13.0 Å². The van der Waals surface area contributed by atoms with Crippen molar-refractivity contribution >= 4 is 41.9 Å². The molecule has 220 valence electrons. The molecule has 0 radical (unpaired) electrons. The summed E-state index contributed by atoms with van der Waals surface area (Å²) in [5, 5.41) is 4.87. The third kappa shape index (κ3) is 7.62. The Morgan fingerprint density at radius 3 is 2.31 bits per heavy atom. The minimum absolute atomic E-state index is 0.227. The van der Waals surface area contributed by atoms with Gasteiger partial charge in [-0.3, -0.25) is 19.1 Å². The molecule has 3 rings (SSSR count). The minimum atomic E-state index is -3.79. The van der Waals surface area contributed by atoms with Crippen LogP contribution in [-0.4, -0.2) is 81.2 Å². The lowest BCUT2D eigenvalue weighted by molar-refractivity contribution is -0.142. The van der Waals surface area contributed by atoms with E-state index in [0.717, 1.165) is 6.04 Å². The van der Waals surface area contributed by atoms with Crippen molar-refractivity contribution in [2.24, 2.45) is 11.3 Å². The highest BCUT2D eigenvalue weighted by molar-refractivity contribution is 7.91. The third-order valence-corrected chi connectivity index (χ3v) is 11.1. The lowest BCUT2D eigenvalue weighted by Crippen LogP contribution is -2.60. The second-order valence-electron chi connectivity index (χ2n) is 13.3. The van der Waals surface area contributed by atoms with E-state index >= 15 is 0 Å². The molecule has 1 aliphatic heterocycles. The molecule has 1 heterocycles. The predicted molar refractivity (Wildman–Crippen MR) is 150 cm³/mol. The number of carbonyl (C=O) groups excluding carboxylic acids is 4. The van der Waals surface area contributed by atoms with Crippen LogP contribution in [0.5, 0.6) is 0 Å². The normalized spacial score (nSPS) is 25.8. The highest BCUT2D eigenvalue weighted by Gasteiger charge is 2.61. The highest BCUT2D eigenvalue weighted by atomic mass is 32.2. The van der Waals surface area contributed by atoms with Crippen LogP contribution in [0.3, 0.4) is 0 Å². The number of nitrogens with zero attached hydrogens (tertiary/aromatic N) is 1. The van der Waals surface area contributed by atoms with Crippen molar-refractivity contribution in [2.75, 3.05) is 13.2 Å². The van der Waals surface area contributed by atoms with Crippen molar-refractivity contribution < 1.29 is 32.3 Å². The van der Waals surface area contributed by atoms with E-state index in [2.05, 4.69) is 41.6 Å². The lowest BCUT2D eigenvalue weighted by atomic mass is 9.85. The summed E-state index contributed by atoms with van der Waals surface area (Å²) in [6, 6.07) is -0.998. The van der Waals surface area contributed by atoms with Gasteiger partial charge < -0.3 is 20.3 Å². The van der Waals surface area contributed by atoms with Gasteiger partial charge in [-0.15, -0.1) is 6.58 Å². The summed E-state index contributed by atoms with van der Waals surface area (Å²) in [6.45, 7) is 16.3. The molecule has 3 N–H and O–H groups in total. The van der Waals surface area contributed by atoms with Crippen LogP contribution in [0.15, 0.2) is 12.7 Å². The number of alkyl carbamates (subject to hydrolysis) is 1. The first-order chi connectivity index (χ1) is 17.9. The molecular formula is C26H44N4O7SSi. The molecule has 4 atom stereocenters. The molecule has 2 saturated carbocycles. The van der Waals surface area contributed by atoms with Crippen LogP contribution in [0.2, 0.25) is 25.7 Å². The number of likely N-dealkylation sites (tertiary alicyclic amines) is 1. The van der Waals surface area contributed by atoms with Crippen molar-refractivity contribution in [1.82, 2.24) is 20.3 Å². The number of nitrogens with one attached hydrogen (secondary N) is 3. The Balaban J connectivity index is 1.70. The minimum Gasteiger partial charge on any atom is -0.450 e. The fourth-order valence-corrected chi connectivity index (χ4v) is 6.82. The van der Waals surface area contributed by atoms with Gasteiger partial charge in [0.25, 0.3) is 5.91 Å². The topological polar surface area (TPSA) is 151 Å². The van der Waals surface area contributed by atoms with Crippen LogP contribution in [0.25, 0.3) is 0 Å². The molecule has 0 aromatic carbocycles. The summed E-state index contributed by atoms with van der Waals surface area (Å²) in [6.07, 6.45) is 3.02. The van der Waals surface area contributed by atoms with Gasteiger partial charge in [0.05, 0.1) is 11.9 Å². The number of sulfonamides is 1. The Morgan fingerprint density at radius 1 is 1.15 bits per heavy atom. The summed E-state index contributed by atoms with van der Waals surface area (Å²) >= 11 is 0. The molecule has 0 bridgehead atoms. The molecule has 2 aliphatic carbocycles. The maximum atomic E-state index is 13.7. The number of rotatable bonds is 11. The van der Waals surface area contributed by atoms with Gasteiger partial charge in [0.1, 0.15) is 17.6 Å². The maximum Gasteiger partial charge on any atom is 0.407 e. The maximum absolute atomic E-state index is 13.7. The Hall–Kier alpha value is -2.41. The van der Waals surface area contributed by atoms with Crippen LogP contribution in [0, 0.1) is 11.3 Å². The zero-order valence-corrected chi connectivity index (χ0v) is 25.8. The first kappa shape index (κ1) is 31.1. The van der Waals surface area contributed by atoms with Crippen molar-refractivity contribution in [2.45, 2.75) is 101 Å². The standard InChI is InChI=1S/C26H44N4O7SSi/c1-8-17-16-26(17,23(33)29-38(35,36)18-11-12-18)28-21(31)19-10-9-13-30(19)22(32)20(25(2,3)4)27-24(34)37-14-15-39(5,6)7/h8,17-20H,1,9-16H2,2-7H3,(H,27,34)(H,28,31)(H,29,33)/t17-,19+,20-,26-/m1/s1. The van der Waals surface area contributed by atoms with Gasteiger partial charge in [-0.05, 0) is 43.6 Å². The monoisotopic (exact) mass is 584 g/mol. The second-order valence-corrected chi connectivity index (χ2v) is 20.8. The van der Waals surface area contributed by atoms with E-state index in [4.69, 9.17) is 4.74 Å². The van der Waals surface area contributed by atoms with Gasteiger partial charge >= 0.3 is 6.09 Å². The van der Waals surface area contributed by atoms with Gasteiger partial charge in [-0.25, -0.2) is 13.2 Å². The molecule has 3 fully saturated rings. The SMILES string of the molecule is C=C[C@@H]1C[C@]1(NC(=O)[C@@H]1CCCN1C(=O)[C@@H](NC(=O)OCC[Si](C)(C)C)C(C)(C)C)C(=O)NS(=O)(=O)C1CC1. The Morgan fingerprint density at radius 2 is 1.79 bits per heavy atom. The summed E-state index contributed by atoms with van der Waals surface area (Å²) in [5.74, 6) is -2.14. The van der Waals surface area contributed by atoms with E-state index in [1.807, 2.05) is 20.8 Å². The zero-order chi connectivity index (χ0) is 29.4. The lowest BCUT2D eigenvalue weighted by Gasteiger charge is -2.35. The number of hydrogen-bond donors (Lipinski definition) is 3. The first-order valence-corrected chi connectivity index (χ1v) is 18.9. The van der Waals surface area contributed by atoms with Gasteiger partial charge in [0.2, 0.25) is 21.8 Å². The quantitative estimate of drug-likeness (QED) is 0.249. The predicted octanol–water partition coefficient (Wildman–Crippen LogP) is 2.13. The van der Waals surface area contributed by atoms with E-state index in [9.17, 15) is 27.6 Å². The molecule has 4 amide bonds. The summed E-state index contributed by atoms with van der Waals surface area (Å²) in [5.41, 5.74) is -2.08. The Labute approximate surface area is 232 Å². The summed E-state index contributed by atoms with van der Waals surface area (Å²) in [7, 11) is -5.20. The molecule has 0 aromatic heterocycles. The van der Waals surface area contributed by atoms with E-state index in [0.29, 0.717) is 32.2 Å². The molecule has 39 heavy (non-hydrogen) atoms. The zero-order valence-electron chi connectivity index (χ0n) is 24.0. The fraction of sp³-hybridized carbons (Fsp3) is 0.769. The van der Waals surface area contributed by atoms with E-state index < -0.39 is 76.1 Å². The van der Waals surface area contributed by atoms with Crippen molar-refractivity contribution in [3.63, 3.8) is 0 Å². The smallest absolute Gasteiger partial charge is 0.407 e. The first-order valence-electron chi connectivity index (χ1n) is 13.7. The van der Waals surface area contributed by atoms with Crippen LogP contribution < -0.4 is 15.4 Å². The van der Waals surface area contributed by atoms with Crippen molar-refractivity contribution in [3.8, 4) is 0 Å². The second kappa shape index (κ2) is 11.2. The van der Waals surface area contributed by atoms with Gasteiger partial charge in [0, 0.05) is 20.5 Å². The number of carbonyl (C=O) groups is 4. The van der Waals surface area contributed by atoms with Crippen molar-refractivity contribution in [3.05, 3.63) is 12.7 Å². The molecule has 1 saturated heterocycles. The van der Waals surface area contributed by atoms with Gasteiger partial charge in [-0.2, -0.15) is 0 Å². The summed E-state index contributed by atoms with van der Waals surface area (Å²) in [4.78, 5) is 54.2. The largest absolute Gasteiger partial charge is 0.450 e. The molecule has 0 aromatic rings. The fourth-order valence-electron chi connectivity index (χ4n) is 4.75. The number of hydrogen-bond acceptors (Lipinski definition) is 7. The molecule has 0 unspecified atom stereocenters. The molecule has 13 heteroatoms. The van der Waals surface area contributed by atoms with Gasteiger partial charge in [-0.1, -0.05) is 46.5 Å². The highest BCUT2D eigenvalue weighted by Crippen LogP contribution is 2.45. The van der Waals surface area contributed by atoms with E-state index in [1.165, 1.54) is 11.0 Å². The van der Waals surface area contributed by atoms with Gasteiger partial charge in [0.15, 0.2) is 0 Å². The molecular weight excluding hydrogens is 540 g/mol.